The number of hydrogen-bond donors (Lipinski definition) is 2. The highest BCUT2D eigenvalue weighted by Crippen LogP contribution is 2.38. The van der Waals surface area contributed by atoms with Gasteiger partial charge in [-0.05, 0) is 48.9 Å². The number of hydrogen-bond acceptors (Lipinski definition) is 8. The fourth-order valence-corrected chi connectivity index (χ4v) is 5.28. The molecule has 6 rings (SSSR count). The lowest BCUT2D eigenvalue weighted by Crippen LogP contribution is -2.34. The van der Waals surface area contributed by atoms with Crippen LogP contribution in [-0.4, -0.2) is 39.2 Å². The summed E-state index contributed by atoms with van der Waals surface area (Å²) in [5, 5.41) is 8.14. The molecule has 0 bridgehead atoms. The third kappa shape index (κ3) is 3.23. The van der Waals surface area contributed by atoms with E-state index in [2.05, 4.69) is 25.6 Å². The minimum Gasteiger partial charge on any atom is -0.449 e. The van der Waals surface area contributed by atoms with Crippen molar-refractivity contribution in [2.45, 2.75) is 25.1 Å². The summed E-state index contributed by atoms with van der Waals surface area (Å²) in [4.78, 5) is 25.8. The minimum atomic E-state index is -0.224. The molecule has 5 heterocycles. The molecule has 32 heavy (non-hydrogen) atoms. The fraction of sp³-hybridized carbons (Fsp3) is 0.273. The zero-order valence-electron chi connectivity index (χ0n) is 17.1. The van der Waals surface area contributed by atoms with Crippen molar-refractivity contribution in [2.75, 3.05) is 17.6 Å². The normalized spacial score (nSPS) is 17.9. The highest BCUT2D eigenvalue weighted by atomic mass is 35.5. The number of halogens is 1. The Hall–Kier alpha value is -3.04. The Morgan fingerprint density at radius 1 is 1.22 bits per heavy atom. The van der Waals surface area contributed by atoms with Gasteiger partial charge in [-0.15, -0.1) is 0 Å². The van der Waals surface area contributed by atoms with Crippen LogP contribution in [-0.2, 0) is 12.2 Å². The summed E-state index contributed by atoms with van der Waals surface area (Å²) in [5.41, 5.74) is 3.94. The van der Waals surface area contributed by atoms with Crippen LogP contribution in [0, 0.1) is 0 Å². The van der Waals surface area contributed by atoms with Crippen molar-refractivity contribution in [2.24, 2.45) is 0 Å². The van der Waals surface area contributed by atoms with E-state index in [1.54, 1.807) is 6.07 Å². The van der Waals surface area contributed by atoms with Crippen LogP contribution >= 0.6 is 23.4 Å². The van der Waals surface area contributed by atoms with Gasteiger partial charge < -0.3 is 19.8 Å². The molecule has 0 fully saturated rings. The predicted octanol–water partition coefficient (Wildman–Crippen LogP) is 4.55. The van der Waals surface area contributed by atoms with E-state index < -0.39 is 0 Å². The summed E-state index contributed by atoms with van der Waals surface area (Å²) < 4.78 is 11.9. The summed E-state index contributed by atoms with van der Waals surface area (Å²) in [5.74, 6) is 2.71. The third-order valence-electron chi connectivity index (χ3n) is 5.62. The number of fused-ring (bicyclic) bond motifs is 6. The number of furan rings is 1. The molecule has 2 aliphatic rings. The van der Waals surface area contributed by atoms with Crippen molar-refractivity contribution < 1.29 is 13.9 Å². The second-order valence-corrected chi connectivity index (χ2v) is 9.29. The Kier molecular flexibility index (Phi) is 4.62. The smallest absolute Gasteiger partial charge is 0.289 e. The van der Waals surface area contributed by atoms with Gasteiger partial charge in [0.05, 0.1) is 22.3 Å². The number of nitrogens with zero attached hydrogens (tertiary/aromatic N) is 3. The van der Waals surface area contributed by atoms with Crippen molar-refractivity contribution in [3.8, 4) is 11.8 Å². The molecule has 2 aliphatic heterocycles. The van der Waals surface area contributed by atoms with E-state index in [0.29, 0.717) is 29.6 Å². The first kappa shape index (κ1) is 19.6. The number of rotatable bonds is 2. The number of aromatic nitrogens is 3. The molecule has 10 heteroatoms. The maximum Gasteiger partial charge on any atom is 0.289 e. The summed E-state index contributed by atoms with van der Waals surface area (Å²) >= 11 is 7.93. The number of pyridine rings is 1. The van der Waals surface area contributed by atoms with E-state index in [-0.39, 0.29) is 23.0 Å². The molecule has 0 aliphatic carbocycles. The summed E-state index contributed by atoms with van der Waals surface area (Å²) in [7, 11) is 0. The molecule has 0 saturated heterocycles. The molecule has 4 aromatic rings. The molecule has 8 nitrogen and oxygen atoms in total. The molecule has 2 N–H and O–H groups in total. The Morgan fingerprint density at radius 3 is 3.03 bits per heavy atom. The number of aryl methyl sites for hydroxylation is 1. The molecule has 3 aromatic heterocycles. The third-order valence-corrected chi connectivity index (χ3v) is 6.78. The van der Waals surface area contributed by atoms with Gasteiger partial charge in [0.15, 0.2) is 0 Å². The van der Waals surface area contributed by atoms with Crippen LogP contribution in [0.2, 0.25) is 5.28 Å². The van der Waals surface area contributed by atoms with Crippen LogP contribution in [0.5, 0.6) is 11.8 Å². The molecule has 1 amide bonds. The number of carbonyl (C=O) groups excluding carboxylic acids is 1. The summed E-state index contributed by atoms with van der Waals surface area (Å²) in [6, 6.07) is 7.39. The molecule has 1 unspecified atom stereocenters. The topological polar surface area (TPSA) is 102 Å². The molecule has 162 valence electrons. The first-order valence-corrected chi connectivity index (χ1v) is 11.8. The van der Waals surface area contributed by atoms with Gasteiger partial charge in [-0.1, -0.05) is 0 Å². The van der Waals surface area contributed by atoms with Gasteiger partial charge in [-0.25, -0.2) is 9.97 Å². The first-order chi connectivity index (χ1) is 15.6. The van der Waals surface area contributed by atoms with Crippen LogP contribution in [0.4, 0.5) is 5.69 Å². The number of thioether (sulfide) groups is 1. The van der Waals surface area contributed by atoms with Gasteiger partial charge in [-0.2, -0.15) is 16.7 Å². The number of amides is 1. The molecule has 0 saturated carbocycles. The van der Waals surface area contributed by atoms with Crippen molar-refractivity contribution >= 4 is 56.8 Å². The molecular formula is C22H18ClN5O3S. The van der Waals surface area contributed by atoms with E-state index in [0.717, 1.165) is 45.5 Å². The average molecular weight is 468 g/mol. The quantitative estimate of drug-likeness (QED) is 0.414. The van der Waals surface area contributed by atoms with Gasteiger partial charge in [0.25, 0.3) is 5.91 Å². The van der Waals surface area contributed by atoms with E-state index >= 15 is 0 Å². The number of benzene rings is 1. The summed E-state index contributed by atoms with van der Waals surface area (Å²) in [6.07, 6.45) is 0.840. The molecule has 1 atom stereocenters. The van der Waals surface area contributed by atoms with Crippen LogP contribution in [0.1, 0.15) is 28.7 Å². The SMILES string of the molecule is CC1CNc2c(oc3ccc4nc(Oc5nc(Cl)nc6c5CSCC6)ccc4c23)C(=O)N1. The molecule has 1 aromatic carbocycles. The largest absolute Gasteiger partial charge is 0.449 e. The van der Waals surface area contributed by atoms with Crippen LogP contribution in [0.3, 0.4) is 0 Å². The highest BCUT2D eigenvalue weighted by Gasteiger charge is 2.27. The van der Waals surface area contributed by atoms with E-state index in [1.807, 2.05) is 36.9 Å². The van der Waals surface area contributed by atoms with E-state index in [1.165, 1.54) is 0 Å². The molecular weight excluding hydrogens is 450 g/mol. The Bertz CT molecular complexity index is 1410. The first-order valence-electron chi connectivity index (χ1n) is 10.3. The fourth-order valence-electron chi connectivity index (χ4n) is 4.12. The van der Waals surface area contributed by atoms with Crippen molar-refractivity contribution in [3.05, 3.63) is 46.6 Å². The monoisotopic (exact) mass is 467 g/mol. The van der Waals surface area contributed by atoms with Crippen LogP contribution in [0.25, 0.3) is 21.9 Å². The minimum absolute atomic E-state index is 0.00275. The lowest BCUT2D eigenvalue weighted by atomic mass is 10.1. The Balaban J connectivity index is 1.44. The van der Waals surface area contributed by atoms with E-state index in [9.17, 15) is 4.79 Å². The maximum absolute atomic E-state index is 12.5. The Labute approximate surface area is 192 Å². The van der Waals surface area contributed by atoms with E-state index in [4.69, 9.17) is 20.8 Å². The van der Waals surface area contributed by atoms with Crippen molar-refractivity contribution in [3.63, 3.8) is 0 Å². The average Bonchev–Trinajstić information content (AvgIpc) is 3.10. The summed E-state index contributed by atoms with van der Waals surface area (Å²) in [6.45, 7) is 2.55. The lowest BCUT2D eigenvalue weighted by Gasteiger charge is -2.17. The molecule has 0 radical (unpaired) electrons. The van der Waals surface area contributed by atoms with Crippen molar-refractivity contribution in [1.29, 1.82) is 0 Å². The van der Waals surface area contributed by atoms with Crippen LogP contribution < -0.4 is 15.4 Å². The predicted molar refractivity (Wildman–Crippen MR) is 124 cm³/mol. The number of ether oxygens (including phenoxy) is 1. The second kappa shape index (κ2) is 7.53. The number of carbonyl (C=O) groups is 1. The number of anilines is 1. The van der Waals surface area contributed by atoms with Gasteiger partial charge in [0, 0.05) is 35.4 Å². The highest BCUT2D eigenvalue weighted by molar-refractivity contribution is 7.98. The standard InChI is InChI=1S/C22H18ClN5O3S/c1-10-8-24-18-17-11-2-5-16(26-13(11)3-4-15(17)30-19(18)20(29)25-10)31-21-12-9-32-7-6-14(12)27-22(23)28-21/h2-5,10,24H,6-9H2,1H3,(H,25,29). The second-order valence-electron chi connectivity index (χ2n) is 7.84. The van der Waals surface area contributed by atoms with Gasteiger partial charge in [-0.3, -0.25) is 4.79 Å². The molecule has 0 spiro atoms. The van der Waals surface area contributed by atoms with Crippen LogP contribution in [0.15, 0.2) is 28.7 Å². The zero-order chi connectivity index (χ0) is 21.8. The Morgan fingerprint density at radius 2 is 2.12 bits per heavy atom. The van der Waals surface area contributed by atoms with Crippen molar-refractivity contribution in [1.82, 2.24) is 20.3 Å². The maximum atomic E-state index is 12.5. The lowest BCUT2D eigenvalue weighted by molar-refractivity contribution is 0.0920. The zero-order valence-corrected chi connectivity index (χ0v) is 18.6. The van der Waals surface area contributed by atoms with Gasteiger partial charge in [0.1, 0.15) is 5.58 Å². The van der Waals surface area contributed by atoms with Gasteiger partial charge in [0.2, 0.25) is 22.8 Å². The van der Waals surface area contributed by atoms with Gasteiger partial charge >= 0.3 is 0 Å². The number of nitrogens with one attached hydrogen (secondary N) is 2.